The predicted molar refractivity (Wildman–Crippen MR) is 95.9 cm³/mol. The molecule has 0 bridgehead atoms. The number of rotatable bonds is 4. The second-order valence-electron chi connectivity index (χ2n) is 7.26. The summed E-state index contributed by atoms with van der Waals surface area (Å²) in [7, 11) is -3.11. The lowest BCUT2D eigenvalue weighted by Gasteiger charge is -2.12. The van der Waals surface area contributed by atoms with E-state index in [1.54, 1.807) is 10.7 Å². The highest BCUT2D eigenvalue weighted by Gasteiger charge is 2.36. The van der Waals surface area contributed by atoms with Crippen molar-refractivity contribution in [3.8, 4) is 0 Å². The standard InChI is InChI=1S/C18H18F3N3O3S/c19-18(20,21)12-2-1-3-13(8-12)22-17(25)15-9-16(11-4-5-11)24(23-15)14-6-7-28(26,27)10-14/h1-3,8-9,11,14H,4-7,10H2,(H,22,25)/t14-/m0/s1. The Bertz CT molecular complexity index is 1030. The number of anilines is 1. The number of carbonyl (C=O) groups is 1. The van der Waals surface area contributed by atoms with E-state index in [2.05, 4.69) is 10.4 Å². The van der Waals surface area contributed by atoms with Crippen LogP contribution >= 0.6 is 0 Å². The van der Waals surface area contributed by atoms with Crippen LogP contribution in [0.5, 0.6) is 0 Å². The third kappa shape index (κ3) is 3.91. The van der Waals surface area contributed by atoms with Gasteiger partial charge < -0.3 is 5.32 Å². The summed E-state index contributed by atoms with van der Waals surface area (Å²) < 4.78 is 63.7. The van der Waals surface area contributed by atoms with E-state index in [4.69, 9.17) is 0 Å². The van der Waals surface area contributed by atoms with Gasteiger partial charge in [-0.25, -0.2) is 8.42 Å². The Kier molecular flexibility index (Phi) is 4.48. The molecule has 1 aromatic carbocycles. The van der Waals surface area contributed by atoms with Crippen molar-refractivity contribution in [3.63, 3.8) is 0 Å². The van der Waals surface area contributed by atoms with Crippen molar-refractivity contribution in [1.82, 2.24) is 9.78 Å². The van der Waals surface area contributed by atoms with Crippen molar-refractivity contribution >= 4 is 21.4 Å². The molecule has 6 nitrogen and oxygen atoms in total. The fourth-order valence-electron chi connectivity index (χ4n) is 3.43. The molecule has 2 aromatic rings. The van der Waals surface area contributed by atoms with Gasteiger partial charge in [0.25, 0.3) is 5.91 Å². The minimum absolute atomic E-state index is 0.0108. The van der Waals surface area contributed by atoms with Gasteiger partial charge in [0.15, 0.2) is 15.5 Å². The summed E-state index contributed by atoms with van der Waals surface area (Å²) in [5.41, 5.74) is 0.0522. The molecule has 0 spiro atoms. The summed E-state index contributed by atoms with van der Waals surface area (Å²) in [6.45, 7) is 0. The SMILES string of the molecule is O=C(Nc1cccc(C(F)(F)F)c1)c1cc(C2CC2)n([C@H]2CCS(=O)(=O)C2)n1. The second-order valence-corrected chi connectivity index (χ2v) is 9.49. The first kappa shape index (κ1) is 19.0. The Morgan fingerprint density at radius 2 is 1.93 bits per heavy atom. The van der Waals surface area contributed by atoms with Crippen LogP contribution in [0.15, 0.2) is 30.3 Å². The normalized spacial score (nSPS) is 21.6. The zero-order valence-electron chi connectivity index (χ0n) is 14.7. The minimum Gasteiger partial charge on any atom is -0.321 e. The van der Waals surface area contributed by atoms with Crippen LogP contribution in [-0.4, -0.2) is 35.6 Å². The van der Waals surface area contributed by atoms with Gasteiger partial charge in [0.05, 0.1) is 23.1 Å². The molecule has 28 heavy (non-hydrogen) atoms. The lowest BCUT2D eigenvalue weighted by molar-refractivity contribution is -0.137. The summed E-state index contributed by atoms with van der Waals surface area (Å²) in [6.07, 6.45) is -2.17. The number of benzene rings is 1. The highest BCUT2D eigenvalue weighted by Crippen LogP contribution is 2.42. The topological polar surface area (TPSA) is 81.1 Å². The number of aromatic nitrogens is 2. The van der Waals surface area contributed by atoms with Crippen LogP contribution in [0.4, 0.5) is 18.9 Å². The van der Waals surface area contributed by atoms with Crippen LogP contribution in [0.25, 0.3) is 0 Å². The smallest absolute Gasteiger partial charge is 0.321 e. The van der Waals surface area contributed by atoms with E-state index in [-0.39, 0.29) is 34.8 Å². The molecule has 4 rings (SSSR count). The summed E-state index contributed by atoms with van der Waals surface area (Å²) >= 11 is 0. The number of hydrogen-bond donors (Lipinski definition) is 1. The average Bonchev–Trinajstić information content (AvgIpc) is 3.25. The number of nitrogens with zero attached hydrogens (tertiary/aromatic N) is 2. The van der Waals surface area contributed by atoms with Crippen molar-refractivity contribution in [2.24, 2.45) is 0 Å². The highest BCUT2D eigenvalue weighted by atomic mass is 32.2. The number of halogens is 3. The lowest BCUT2D eigenvalue weighted by Crippen LogP contribution is -2.17. The molecule has 1 aliphatic carbocycles. The first-order valence-corrected chi connectivity index (χ1v) is 10.7. The van der Waals surface area contributed by atoms with Crippen LogP contribution in [-0.2, 0) is 16.0 Å². The number of carbonyl (C=O) groups excluding carboxylic acids is 1. The Morgan fingerprint density at radius 1 is 1.18 bits per heavy atom. The van der Waals surface area contributed by atoms with Gasteiger partial charge in [0, 0.05) is 17.3 Å². The first-order valence-electron chi connectivity index (χ1n) is 8.91. The zero-order chi connectivity index (χ0) is 20.1. The van der Waals surface area contributed by atoms with Gasteiger partial charge in [0.1, 0.15) is 0 Å². The van der Waals surface area contributed by atoms with E-state index in [1.165, 1.54) is 12.1 Å². The molecule has 1 saturated heterocycles. The molecule has 1 N–H and O–H groups in total. The molecule has 10 heteroatoms. The van der Waals surface area contributed by atoms with Gasteiger partial charge >= 0.3 is 6.18 Å². The average molecular weight is 413 g/mol. The molecule has 2 aliphatic rings. The Hall–Kier alpha value is -2.36. The maximum atomic E-state index is 12.8. The maximum absolute atomic E-state index is 12.8. The van der Waals surface area contributed by atoms with Gasteiger partial charge in [-0.05, 0) is 43.5 Å². The van der Waals surface area contributed by atoms with Crippen LogP contribution < -0.4 is 5.32 Å². The Balaban J connectivity index is 1.58. The molecular weight excluding hydrogens is 395 g/mol. The number of alkyl halides is 3. The van der Waals surface area contributed by atoms with Crippen LogP contribution in [0, 0.1) is 0 Å². The Labute approximate surface area is 159 Å². The van der Waals surface area contributed by atoms with Crippen molar-refractivity contribution in [3.05, 3.63) is 47.3 Å². The predicted octanol–water partition coefficient (Wildman–Crippen LogP) is 3.39. The number of sulfone groups is 1. The van der Waals surface area contributed by atoms with Crippen LogP contribution in [0.3, 0.4) is 0 Å². The molecular formula is C18H18F3N3O3S. The molecule has 2 heterocycles. The minimum atomic E-state index is -4.50. The maximum Gasteiger partial charge on any atom is 0.416 e. The molecule has 1 aliphatic heterocycles. The quantitative estimate of drug-likeness (QED) is 0.833. The Morgan fingerprint density at radius 3 is 2.54 bits per heavy atom. The molecule has 1 saturated carbocycles. The third-order valence-electron chi connectivity index (χ3n) is 4.99. The largest absolute Gasteiger partial charge is 0.416 e. The number of nitrogens with one attached hydrogen (secondary N) is 1. The lowest BCUT2D eigenvalue weighted by atomic mass is 10.2. The van der Waals surface area contributed by atoms with E-state index in [9.17, 15) is 26.4 Å². The van der Waals surface area contributed by atoms with Crippen molar-refractivity contribution in [2.45, 2.75) is 37.4 Å². The molecule has 150 valence electrons. The van der Waals surface area contributed by atoms with E-state index < -0.39 is 27.5 Å². The summed E-state index contributed by atoms with van der Waals surface area (Å²) in [5, 5.41) is 6.75. The van der Waals surface area contributed by atoms with Gasteiger partial charge in [-0.15, -0.1) is 0 Å². The fourth-order valence-corrected chi connectivity index (χ4v) is 5.12. The first-order chi connectivity index (χ1) is 13.1. The summed E-state index contributed by atoms with van der Waals surface area (Å²) in [6, 6.07) is 5.68. The van der Waals surface area contributed by atoms with Crippen LogP contribution in [0.2, 0.25) is 0 Å². The molecule has 0 unspecified atom stereocenters. The molecule has 1 amide bonds. The van der Waals surface area contributed by atoms with Crippen molar-refractivity contribution < 1.29 is 26.4 Å². The molecule has 0 radical (unpaired) electrons. The fraction of sp³-hybridized carbons (Fsp3) is 0.444. The van der Waals surface area contributed by atoms with Gasteiger partial charge in [-0.3, -0.25) is 9.48 Å². The highest BCUT2D eigenvalue weighted by molar-refractivity contribution is 7.91. The molecule has 1 atom stereocenters. The molecule has 1 aromatic heterocycles. The van der Waals surface area contributed by atoms with Gasteiger partial charge in [-0.2, -0.15) is 18.3 Å². The van der Waals surface area contributed by atoms with E-state index in [1.807, 2.05) is 0 Å². The third-order valence-corrected chi connectivity index (χ3v) is 6.75. The van der Waals surface area contributed by atoms with Gasteiger partial charge in [0.2, 0.25) is 0 Å². The van der Waals surface area contributed by atoms with E-state index in [0.29, 0.717) is 6.42 Å². The van der Waals surface area contributed by atoms with E-state index in [0.717, 1.165) is 30.7 Å². The van der Waals surface area contributed by atoms with Crippen LogP contribution in [0.1, 0.15) is 53.0 Å². The zero-order valence-corrected chi connectivity index (χ0v) is 15.6. The van der Waals surface area contributed by atoms with Gasteiger partial charge in [-0.1, -0.05) is 6.07 Å². The molecule has 2 fully saturated rings. The van der Waals surface area contributed by atoms with Crippen molar-refractivity contribution in [1.29, 1.82) is 0 Å². The summed E-state index contributed by atoms with van der Waals surface area (Å²) in [5.74, 6) is -0.303. The number of amides is 1. The second kappa shape index (κ2) is 6.61. The monoisotopic (exact) mass is 413 g/mol. The summed E-state index contributed by atoms with van der Waals surface area (Å²) in [4.78, 5) is 12.5. The number of hydrogen-bond acceptors (Lipinski definition) is 4. The van der Waals surface area contributed by atoms with E-state index >= 15 is 0 Å². The van der Waals surface area contributed by atoms with Crippen molar-refractivity contribution in [2.75, 3.05) is 16.8 Å².